The van der Waals surface area contributed by atoms with Crippen LogP contribution in [0.1, 0.15) is 19.3 Å². The zero-order valence-electron chi connectivity index (χ0n) is 11.6. The lowest BCUT2D eigenvalue weighted by molar-refractivity contribution is -0.154. The van der Waals surface area contributed by atoms with Gasteiger partial charge in [0.2, 0.25) is 5.91 Å². The summed E-state index contributed by atoms with van der Waals surface area (Å²) < 4.78 is 0. The van der Waals surface area contributed by atoms with E-state index in [0.29, 0.717) is 22.3 Å². The van der Waals surface area contributed by atoms with Crippen molar-refractivity contribution in [1.29, 1.82) is 0 Å². The number of halogens is 1. The molecule has 22 heavy (non-hydrogen) atoms. The van der Waals surface area contributed by atoms with Crippen LogP contribution in [0.4, 0.5) is 5.82 Å². The van der Waals surface area contributed by atoms with Crippen molar-refractivity contribution in [1.82, 2.24) is 10.2 Å². The minimum Gasteiger partial charge on any atom is -0.480 e. The largest absolute Gasteiger partial charge is 0.480 e. The number of carboxylic acids is 1. The molecule has 2 aromatic rings. The van der Waals surface area contributed by atoms with E-state index in [9.17, 15) is 14.7 Å². The van der Waals surface area contributed by atoms with Crippen LogP contribution in [0.2, 0.25) is 5.02 Å². The molecule has 1 aliphatic carbocycles. The molecule has 0 saturated heterocycles. The molecule has 1 heterocycles. The molecule has 0 saturated carbocycles. The second-order valence-corrected chi connectivity index (χ2v) is 5.70. The van der Waals surface area contributed by atoms with Crippen molar-refractivity contribution in [2.24, 2.45) is 5.41 Å². The van der Waals surface area contributed by atoms with E-state index < -0.39 is 17.3 Å². The van der Waals surface area contributed by atoms with Gasteiger partial charge >= 0.3 is 5.97 Å². The Balaban J connectivity index is 1.94. The first kappa shape index (κ1) is 14.6. The number of benzene rings is 1. The van der Waals surface area contributed by atoms with Crippen molar-refractivity contribution >= 4 is 40.2 Å². The van der Waals surface area contributed by atoms with E-state index in [2.05, 4.69) is 15.5 Å². The fourth-order valence-corrected chi connectivity index (χ4v) is 2.88. The van der Waals surface area contributed by atoms with E-state index in [1.165, 1.54) is 0 Å². The number of aromatic amines is 1. The third-order valence-corrected chi connectivity index (χ3v) is 4.31. The maximum Gasteiger partial charge on any atom is 0.319 e. The number of fused-ring (bicyclic) bond motifs is 1. The zero-order chi connectivity index (χ0) is 15.7. The van der Waals surface area contributed by atoms with Crippen molar-refractivity contribution in [2.75, 3.05) is 5.32 Å². The SMILES string of the molecule is O=C(O)C1(C(=O)Nc2n[nH]c3c(Cl)cccc23)CC=CCC1. The van der Waals surface area contributed by atoms with E-state index in [4.69, 9.17) is 11.6 Å². The molecular weight excluding hydrogens is 306 g/mol. The van der Waals surface area contributed by atoms with Gasteiger partial charge in [-0.05, 0) is 31.4 Å². The summed E-state index contributed by atoms with van der Waals surface area (Å²) in [5.74, 6) is -1.39. The molecule has 114 valence electrons. The Morgan fingerprint density at radius 2 is 2.18 bits per heavy atom. The number of nitrogens with one attached hydrogen (secondary N) is 2. The molecule has 3 N–H and O–H groups in total. The molecule has 1 amide bonds. The maximum absolute atomic E-state index is 12.5. The number of amides is 1. The lowest BCUT2D eigenvalue weighted by Gasteiger charge is -2.28. The molecule has 0 aliphatic heterocycles. The maximum atomic E-state index is 12.5. The summed E-state index contributed by atoms with van der Waals surface area (Å²) in [6.07, 6.45) is 4.63. The second-order valence-electron chi connectivity index (χ2n) is 5.29. The summed E-state index contributed by atoms with van der Waals surface area (Å²) >= 11 is 6.05. The van der Waals surface area contributed by atoms with Gasteiger partial charge in [0, 0.05) is 5.39 Å². The zero-order valence-corrected chi connectivity index (χ0v) is 12.4. The highest BCUT2D eigenvalue weighted by Crippen LogP contribution is 2.35. The van der Waals surface area contributed by atoms with Gasteiger partial charge in [-0.1, -0.05) is 29.8 Å². The summed E-state index contributed by atoms with van der Waals surface area (Å²) in [4.78, 5) is 24.2. The number of carboxylic acid groups (broad SMARTS) is 1. The summed E-state index contributed by atoms with van der Waals surface area (Å²) in [5, 5.41) is 20.0. The van der Waals surface area contributed by atoms with E-state index in [-0.39, 0.29) is 18.7 Å². The standard InChI is InChI=1S/C15H14ClN3O3/c16-10-6-4-5-9-11(10)18-19-12(9)17-13(20)15(14(21)22)7-2-1-3-8-15/h1-2,4-6H,3,7-8H2,(H,21,22)(H2,17,18,19,20). The topological polar surface area (TPSA) is 95.1 Å². The summed E-state index contributed by atoms with van der Waals surface area (Å²) in [7, 11) is 0. The average Bonchev–Trinajstić information content (AvgIpc) is 2.92. The number of carbonyl (C=O) groups is 2. The number of nitrogens with zero attached hydrogens (tertiary/aromatic N) is 1. The van der Waals surface area contributed by atoms with Crippen molar-refractivity contribution in [2.45, 2.75) is 19.3 Å². The summed E-state index contributed by atoms with van der Waals surface area (Å²) in [6, 6.07) is 5.21. The Morgan fingerprint density at radius 1 is 1.36 bits per heavy atom. The Kier molecular flexibility index (Phi) is 3.62. The molecule has 7 heteroatoms. The number of H-pyrrole nitrogens is 1. The minimum absolute atomic E-state index is 0.178. The Labute approximate surface area is 131 Å². The number of aliphatic carboxylic acids is 1. The molecule has 1 aromatic carbocycles. The highest BCUT2D eigenvalue weighted by Gasteiger charge is 2.46. The van der Waals surface area contributed by atoms with Crippen LogP contribution in [-0.4, -0.2) is 27.2 Å². The number of hydrogen-bond acceptors (Lipinski definition) is 3. The molecule has 1 aromatic heterocycles. The normalized spacial score (nSPS) is 21.0. The highest BCUT2D eigenvalue weighted by atomic mass is 35.5. The highest BCUT2D eigenvalue weighted by molar-refractivity contribution is 6.35. The lowest BCUT2D eigenvalue weighted by Crippen LogP contribution is -2.43. The molecule has 0 spiro atoms. The smallest absolute Gasteiger partial charge is 0.319 e. The molecular formula is C15H14ClN3O3. The lowest BCUT2D eigenvalue weighted by atomic mass is 9.76. The molecule has 3 rings (SSSR count). The van der Waals surface area contributed by atoms with Gasteiger partial charge in [-0.2, -0.15) is 5.10 Å². The molecule has 1 atom stereocenters. The first-order chi connectivity index (χ1) is 10.5. The van der Waals surface area contributed by atoms with Crippen LogP contribution < -0.4 is 5.32 Å². The number of hydrogen-bond donors (Lipinski definition) is 3. The third-order valence-electron chi connectivity index (χ3n) is 3.99. The molecule has 1 aliphatic rings. The number of aromatic nitrogens is 2. The predicted molar refractivity (Wildman–Crippen MR) is 82.8 cm³/mol. The third kappa shape index (κ3) is 2.25. The van der Waals surface area contributed by atoms with Gasteiger partial charge < -0.3 is 10.4 Å². The van der Waals surface area contributed by atoms with Crippen LogP contribution in [0.5, 0.6) is 0 Å². The van der Waals surface area contributed by atoms with Gasteiger partial charge in [0.15, 0.2) is 11.2 Å². The van der Waals surface area contributed by atoms with Crippen LogP contribution in [0.25, 0.3) is 10.9 Å². The van der Waals surface area contributed by atoms with Gasteiger partial charge in [-0.25, -0.2) is 0 Å². The number of para-hydroxylation sites is 1. The van der Waals surface area contributed by atoms with E-state index in [1.807, 2.05) is 6.08 Å². The van der Waals surface area contributed by atoms with Crippen LogP contribution in [-0.2, 0) is 9.59 Å². The minimum atomic E-state index is -1.45. The summed E-state index contributed by atoms with van der Waals surface area (Å²) in [6.45, 7) is 0. The second kappa shape index (κ2) is 5.46. The Morgan fingerprint density at radius 3 is 2.86 bits per heavy atom. The first-order valence-corrected chi connectivity index (χ1v) is 7.25. The molecule has 1 unspecified atom stereocenters. The number of carbonyl (C=O) groups excluding carboxylic acids is 1. The fraction of sp³-hybridized carbons (Fsp3) is 0.267. The summed E-state index contributed by atoms with van der Waals surface area (Å²) in [5.41, 5.74) is -0.842. The quantitative estimate of drug-likeness (QED) is 0.598. The number of allylic oxidation sites excluding steroid dienone is 2. The van der Waals surface area contributed by atoms with E-state index in [1.54, 1.807) is 24.3 Å². The van der Waals surface area contributed by atoms with Crippen molar-refractivity contribution in [3.63, 3.8) is 0 Å². The molecule has 0 bridgehead atoms. The van der Waals surface area contributed by atoms with Gasteiger partial charge in [-0.15, -0.1) is 0 Å². The van der Waals surface area contributed by atoms with Crippen LogP contribution in [0, 0.1) is 5.41 Å². The number of anilines is 1. The van der Waals surface area contributed by atoms with Gasteiger partial charge in [0.1, 0.15) is 0 Å². The van der Waals surface area contributed by atoms with Gasteiger partial charge in [-0.3, -0.25) is 14.7 Å². The number of rotatable bonds is 3. The van der Waals surface area contributed by atoms with Gasteiger partial charge in [0.05, 0.1) is 10.5 Å². The molecule has 6 nitrogen and oxygen atoms in total. The van der Waals surface area contributed by atoms with Crippen LogP contribution >= 0.6 is 11.6 Å². The Hall–Kier alpha value is -2.34. The monoisotopic (exact) mass is 319 g/mol. The Bertz CT molecular complexity index is 783. The van der Waals surface area contributed by atoms with Crippen molar-refractivity contribution in [3.05, 3.63) is 35.4 Å². The van der Waals surface area contributed by atoms with Crippen LogP contribution in [0.15, 0.2) is 30.4 Å². The first-order valence-electron chi connectivity index (χ1n) is 6.87. The molecule has 0 radical (unpaired) electrons. The predicted octanol–water partition coefficient (Wildman–Crippen LogP) is 2.97. The van der Waals surface area contributed by atoms with E-state index >= 15 is 0 Å². The van der Waals surface area contributed by atoms with E-state index in [0.717, 1.165) is 0 Å². The fourth-order valence-electron chi connectivity index (χ4n) is 2.66. The van der Waals surface area contributed by atoms with Gasteiger partial charge in [0.25, 0.3) is 0 Å². The average molecular weight is 320 g/mol. The van der Waals surface area contributed by atoms with Crippen LogP contribution in [0.3, 0.4) is 0 Å². The molecule has 0 fully saturated rings. The van der Waals surface area contributed by atoms with Crippen molar-refractivity contribution in [3.8, 4) is 0 Å². The van der Waals surface area contributed by atoms with Crippen molar-refractivity contribution < 1.29 is 14.7 Å².